The molecule has 0 amide bonds. The lowest BCUT2D eigenvalue weighted by Crippen LogP contribution is -2.39. The standard InChI is InChI=1S/C28H38O5/c1(2-8-17-30-28-15-6-9-18-31-28)7-16-29-24-13-10-14-25(19-24)33-27-20-26(21-27)32-22-23-11-4-3-5-12-23/h3-5,10-14,19,26-28H,1-2,6-9,15-18,20-22H2. The van der Waals surface area contributed by atoms with Crippen molar-refractivity contribution in [3.63, 3.8) is 0 Å². The lowest BCUT2D eigenvalue weighted by molar-refractivity contribution is -0.162. The number of rotatable bonds is 14. The Labute approximate surface area is 198 Å². The molecule has 1 saturated heterocycles. The Morgan fingerprint density at radius 3 is 2.39 bits per heavy atom. The van der Waals surface area contributed by atoms with Gasteiger partial charge in [-0.3, -0.25) is 0 Å². The molecule has 1 saturated carbocycles. The molecule has 5 nitrogen and oxygen atoms in total. The van der Waals surface area contributed by atoms with Gasteiger partial charge in [-0.1, -0.05) is 42.8 Å². The summed E-state index contributed by atoms with van der Waals surface area (Å²) >= 11 is 0. The van der Waals surface area contributed by atoms with Crippen LogP contribution in [0.2, 0.25) is 0 Å². The molecule has 2 aromatic carbocycles. The molecule has 5 heteroatoms. The Kier molecular flexibility index (Phi) is 9.90. The number of unbranched alkanes of at least 4 members (excludes halogenated alkanes) is 3. The summed E-state index contributed by atoms with van der Waals surface area (Å²) in [4.78, 5) is 0. The Bertz CT molecular complexity index is 784. The van der Waals surface area contributed by atoms with Gasteiger partial charge in [0, 0.05) is 32.1 Å². The van der Waals surface area contributed by atoms with Crippen LogP contribution < -0.4 is 9.47 Å². The molecule has 0 radical (unpaired) electrons. The second kappa shape index (κ2) is 13.6. The first-order valence-corrected chi connectivity index (χ1v) is 12.6. The molecule has 180 valence electrons. The summed E-state index contributed by atoms with van der Waals surface area (Å²) in [5.74, 6) is 1.75. The highest BCUT2D eigenvalue weighted by Gasteiger charge is 2.31. The molecule has 2 aromatic rings. The van der Waals surface area contributed by atoms with Gasteiger partial charge < -0.3 is 23.7 Å². The van der Waals surface area contributed by atoms with E-state index >= 15 is 0 Å². The smallest absolute Gasteiger partial charge is 0.157 e. The molecule has 1 unspecified atom stereocenters. The third-order valence-electron chi connectivity index (χ3n) is 6.24. The van der Waals surface area contributed by atoms with E-state index in [1.54, 1.807) is 0 Å². The van der Waals surface area contributed by atoms with Gasteiger partial charge in [0.1, 0.15) is 17.6 Å². The zero-order chi connectivity index (χ0) is 22.6. The van der Waals surface area contributed by atoms with Crippen LogP contribution in [0.4, 0.5) is 0 Å². The van der Waals surface area contributed by atoms with Gasteiger partial charge in [-0.05, 0) is 56.2 Å². The van der Waals surface area contributed by atoms with Crippen molar-refractivity contribution in [2.24, 2.45) is 0 Å². The maximum absolute atomic E-state index is 6.11. The van der Waals surface area contributed by atoms with Crippen LogP contribution in [-0.2, 0) is 20.8 Å². The van der Waals surface area contributed by atoms with Crippen LogP contribution in [0.15, 0.2) is 54.6 Å². The first-order chi connectivity index (χ1) is 16.3. The van der Waals surface area contributed by atoms with Crippen molar-refractivity contribution < 1.29 is 23.7 Å². The van der Waals surface area contributed by atoms with Crippen LogP contribution in [0.25, 0.3) is 0 Å². The minimum Gasteiger partial charge on any atom is -0.493 e. The highest BCUT2D eigenvalue weighted by atomic mass is 16.7. The summed E-state index contributed by atoms with van der Waals surface area (Å²) in [5, 5.41) is 0. The summed E-state index contributed by atoms with van der Waals surface area (Å²) in [6.07, 6.45) is 10.3. The van der Waals surface area contributed by atoms with Gasteiger partial charge in [-0.25, -0.2) is 0 Å². The van der Waals surface area contributed by atoms with Crippen LogP contribution in [-0.4, -0.2) is 38.3 Å². The van der Waals surface area contributed by atoms with E-state index in [0.29, 0.717) is 6.61 Å². The van der Waals surface area contributed by atoms with E-state index in [1.807, 2.05) is 42.5 Å². The highest BCUT2D eigenvalue weighted by molar-refractivity contribution is 5.33. The largest absolute Gasteiger partial charge is 0.493 e. The quantitative estimate of drug-likeness (QED) is 0.314. The molecule has 1 aliphatic heterocycles. The minimum absolute atomic E-state index is 0.0317. The Balaban J connectivity index is 1.03. The van der Waals surface area contributed by atoms with E-state index in [1.165, 1.54) is 18.4 Å². The molecular weight excluding hydrogens is 416 g/mol. The fourth-order valence-corrected chi connectivity index (χ4v) is 4.17. The molecule has 2 fully saturated rings. The molecule has 0 N–H and O–H groups in total. The molecule has 4 rings (SSSR count). The molecular formula is C28H38O5. The summed E-state index contributed by atoms with van der Waals surface area (Å²) < 4.78 is 29.4. The van der Waals surface area contributed by atoms with E-state index in [9.17, 15) is 0 Å². The average Bonchev–Trinajstić information content (AvgIpc) is 2.84. The second-order valence-corrected chi connectivity index (χ2v) is 9.03. The monoisotopic (exact) mass is 454 g/mol. The predicted molar refractivity (Wildman–Crippen MR) is 129 cm³/mol. The van der Waals surface area contributed by atoms with Gasteiger partial charge in [0.05, 0.1) is 19.3 Å². The van der Waals surface area contributed by atoms with Crippen LogP contribution >= 0.6 is 0 Å². The fourth-order valence-electron chi connectivity index (χ4n) is 4.17. The van der Waals surface area contributed by atoms with Crippen LogP contribution in [0, 0.1) is 0 Å². The van der Waals surface area contributed by atoms with Crippen molar-refractivity contribution >= 4 is 0 Å². The average molecular weight is 455 g/mol. The SMILES string of the molecule is c1ccc(COC2CC(Oc3cccc(OCCCCCCOC4CCCCO4)c3)C2)cc1. The maximum atomic E-state index is 6.11. The van der Waals surface area contributed by atoms with Crippen molar-refractivity contribution in [1.82, 2.24) is 0 Å². The molecule has 1 aliphatic carbocycles. The normalized spacial score (nSPS) is 22.5. The Morgan fingerprint density at radius 2 is 1.58 bits per heavy atom. The summed E-state index contributed by atoms with van der Waals surface area (Å²) in [5.41, 5.74) is 1.22. The Hall–Kier alpha value is -2.08. The van der Waals surface area contributed by atoms with E-state index in [0.717, 1.165) is 76.3 Å². The first kappa shape index (κ1) is 24.1. The topological polar surface area (TPSA) is 46.2 Å². The minimum atomic E-state index is 0.0317. The van der Waals surface area contributed by atoms with Crippen LogP contribution in [0.1, 0.15) is 63.4 Å². The number of ether oxygens (including phenoxy) is 5. The zero-order valence-corrected chi connectivity index (χ0v) is 19.7. The zero-order valence-electron chi connectivity index (χ0n) is 19.7. The van der Waals surface area contributed by atoms with Crippen molar-refractivity contribution in [2.45, 2.75) is 82.9 Å². The van der Waals surface area contributed by atoms with E-state index in [4.69, 9.17) is 23.7 Å². The molecule has 0 aromatic heterocycles. The molecule has 2 aliphatic rings. The van der Waals surface area contributed by atoms with Gasteiger partial charge in [0.25, 0.3) is 0 Å². The van der Waals surface area contributed by atoms with E-state index in [2.05, 4.69) is 12.1 Å². The first-order valence-electron chi connectivity index (χ1n) is 12.6. The van der Waals surface area contributed by atoms with Crippen molar-refractivity contribution in [3.05, 3.63) is 60.2 Å². The van der Waals surface area contributed by atoms with Crippen LogP contribution in [0.5, 0.6) is 11.5 Å². The van der Waals surface area contributed by atoms with Gasteiger partial charge >= 0.3 is 0 Å². The van der Waals surface area contributed by atoms with E-state index < -0.39 is 0 Å². The van der Waals surface area contributed by atoms with Crippen LogP contribution in [0.3, 0.4) is 0 Å². The predicted octanol–water partition coefficient (Wildman–Crippen LogP) is 6.30. The number of hydrogen-bond donors (Lipinski definition) is 0. The highest BCUT2D eigenvalue weighted by Crippen LogP contribution is 2.30. The summed E-state index contributed by atoms with van der Waals surface area (Å²) in [6.45, 7) is 3.04. The van der Waals surface area contributed by atoms with E-state index in [-0.39, 0.29) is 18.5 Å². The lowest BCUT2D eigenvalue weighted by Gasteiger charge is -2.35. The third kappa shape index (κ3) is 8.65. The number of hydrogen-bond acceptors (Lipinski definition) is 5. The lowest BCUT2D eigenvalue weighted by atomic mass is 9.92. The van der Waals surface area contributed by atoms with Crippen molar-refractivity contribution in [2.75, 3.05) is 19.8 Å². The van der Waals surface area contributed by atoms with Crippen molar-refractivity contribution in [3.8, 4) is 11.5 Å². The molecule has 0 bridgehead atoms. The summed E-state index contributed by atoms with van der Waals surface area (Å²) in [6, 6.07) is 18.3. The Morgan fingerprint density at radius 1 is 0.758 bits per heavy atom. The number of benzene rings is 2. The van der Waals surface area contributed by atoms with Gasteiger partial charge in [-0.2, -0.15) is 0 Å². The fraction of sp³-hybridized carbons (Fsp3) is 0.571. The van der Waals surface area contributed by atoms with Gasteiger partial charge in [0.2, 0.25) is 0 Å². The van der Waals surface area contributed by atoms with Crippen molar-refractivity contribution in [1.29, 1.82) is 0 Å². The molecule has 1 atom stereocenters. The maximum Gasteiger partial charge on any atom is 0.157 e. The van der Waals surface area contributed by atoms with Gasteiger partial charge in [-0.15, -0.1) is 0 Å². The molecule has 33 heavy (non-hydrogen) atoms. The second-order valence-electron chi connectivity index (χ2n) is 9.03. The molecule has 1 heterocycles. The summed E-state index contributed by atoms with van der Waals surface area (Å²) in [7, 11) is 0. The van der Waals surface area contributed by atoms with Gasteiger partial charge in [0.15, 0.2) is 6.29 Å². The molecule has 0 spiro atoms. The third-order valence-corrected chi connectivity index (χ3v) is 6.24.